The summed E-state index contributed by atoms with van der Waals surface area (Å²) in [6.45, 7) is 11.7. The standard InChI is InChI=1S/C15H29N3O/c1-12(2)17-15(5,10-19)8-6-7-9-18-11-16-13(3)14(18)4/h11-12,17,19H,6-10H2,1-5H3. The maximum atomic E-state index is 9.52. The quantitative estimate of drug-likeness (QED) is 0.711. The van der Waals surface area contributed by atoms with Crippen LogP contribution in [0, 0.1) is 13.8 Å². The third-order valence-electron chi connectivity index (χ3n) is 3.71. The van der Waals surface area contributed by atoms with Gasteiger partial charge in [-0.15, -0.1) is 0 Å². The molecule has 0 saturated carbocycles. The number of aliphatic hydroxyl groups excluding tert-OH is 1. The van der Waals surface area contributed by atoms with E-state index >= 15 is 0 Å². The van der Waals surface area contributed by atoms with E-state index < -0.39 is 0 Å². The van der Waals surface area contributed by atoms with Gasteiger partial charge in [-0.1, -0.05) is 13.8 Å². The minimum absolute atomic E-state index is 0.159. The predicted molar refractivity (Wildman–Crippen MR) is 79.3 cm³/mol. The molecule has 0 bridgehead atoms. The first-order chi connectivity index (χ1) is 8.88. The Bertz CT molecular complexity index is 387. The van der Waals surface area contributed by atoms with Crippen molar-refractivity contribution in [1.29, 1.82) is 0 Å². The van der Waals surface area contributed by atoms with Crippen LogP contribution in [0.5, 0.6) is 0 Å². The van der Waals surface area contributed by atoms with Crippen LogP contribution in [0.1, 0.15) is 51.4 Å². The second-order valence-electron chi connectivity index (χ2n) is 6.08. The van der Waals surface area contributed by atoms with E-state index in [1.807, 2.05) is 13.3 Å². The van der Waals surface area contributed by atoms with Gasteiger partial charge in [-0.25, -0.2) is 4.98 Å². The highest BCUT2D eigenvalue weighted by atomic mass is 16.3. The molecular weight excluding hydrogens is 238 g/mol. The lowest BCUT2D eigenvalue weighted by atomic mass is 9.95. The fourth-order valence-corrected chi connectivity index (χ4v) is 2.46. The van der Waals surface area contributed by atoms with Crippen molar-refractivity contribution < 1.29 is 5.11 Å². The Labute approximate surface area is 117 Å². The van der Waals surface area contributed by atoms with Gasteiger partial charge in [-0.2, -0.15) is 0 Å². The topological polar surface area (TPSA) is 50.1 Å². The average Bonchev–Trinajstić information content (AvgIpc) is 2.65. The van der Waals surface area contributed by atoms with Crippen molar-refractivity contribution in [2.75, 3.05) is 6.61 Å². The van der Waals surface area contributed by atoms with Crippen LogP contribution in [0.25, 0.3) is 0 Å². The van der Waals surface area contributed by atoms with Gasteiger partial charge in [0.15, 0.2) is 0 Å². The summed E-state index contributed by atoms with van der Waals surface area (Å²) in [4.78, 5) is 4.31. The second-order valence-corrected chi connectivity index (χ2v) is 6.08. The van der Waals surface area contributed by atoms with E-state index in [2.05, 4.69) is 42.6 Å². The van der Waals surface area contributed by atoms with Crippen LogP contribution < -0.4 is 5.32 Å². The van der Waals surface area contributed by atoms with Crippen molar-refractivity contribution in [2.45, 2.75) is 72.0 Å². The lowest BCUT2D eigenvalue weighted by molar-refractivity contribution is 0.153. The minimum atomic E-state index is -0.159. The molecule has 1 rings (SSSR count). The fourth-order valence-electron chi connectivity index (χ4n) is 2.46. The van der Waals surface area contributed by atoms with Crippen LogP contribution in [0.15, 0.2) is 6.33 Å². The van der Waals surface area contributed by atoms with E-state index in [1.54, 1.807) is 0 Å². The summed E-state index contributed by atoms with van der Waals surface area (Å²) in [5, 5.41) is 13.0. The molecule has 1 heterocycles. The van der Waals surface area contributed by atoms with Crippen molar-refractivity contribution >= 4 is 0 Å². The molecule has 0 spiro atoms. The van der Waals surface area contributed by atoms with Crippen molar-refractivity contribution in [2.24, 2.45) is 0 Å². The van der Waals surface area contributed by atoms with Gasteiger partial charge in [-0.05, 0) is 40.0 Å². The van der Waals surface area contributed by atoms with E-state index in [4.69, 9.17) is 0 Å². The molecule has 0 aliphatic rings. The van der Waals surface area contributed by atoms with Crippen LogP contribution in [-0.4, -0.2) is 32.8 Å². The van der Waals surface area contributed by atoms with Gasteiger partial charge >= 0.3 is 0 Å². The molecule has 1 aromatic rings. The fraction of sp³-hybridized carbons (Fsp3) is 0.800. The number of aromatic nitrogens is 2. The van der Waals surface area contributed by atoms with Crippen molar-refractivity contribution in [1.82, 2.24) is 14.9 Å². The number of rotatable bonds is 8. The molecule has 0 radical (unpaired) electrons. The average molecular weight is 267 g/mol. The molecule has 1 unspecified atom stereocenters. The zero-order valence-electron chi connectivity index (χ0n) is 13.0. The van der Waals surface area contributed by atoms with Crippen LogP contribution >= 0.6 is 0 Å². The van der Waals surface area contributed by atoms with E-state index in [9.17, 15) is 5.11 Å². The number of aliphatic hydroxyl groups is 1. The zero-order chi connectivity index (χ0) is 14.5. The molecule has 0 saturated heterocycles. The lowest BCUT2D eigenvalue weighted by Crippen LogP contribution is -2.49. The van der Waals surface area contributed by atoms with Crippen molar-refractivity contribution in [3.63, 3.8) is 0 Å². The van der Waals surface area contributed by atoms with Gasteiger partial charge in [0, 0.05) is 23.8 Å². The number of nitrogens with one attached hydrogen (secondary N) is 1. The molecule has 19 heavy (non-hydrogen) atoms. The van der Waals surface area contributed by atoms with E-state index in [1.165, 1.54) is 5.69 Å². The summed E-state index contributed by atoms with van der Waals surface area (Å²) in [6.07, 6.45) is 5.14. The Balaban J connectivity index is 2.35. The van der Waals surface area contributed by atoms with Gasteiger partial charge in [-0.3, -0.25) is 0 Å². The van der Waals surface area contributed by atoms with Gasteiger partial charge in [0.25, 0.3) is 0 Å². The summed E-state index contributed by atoms with van der Waals surface area (Å²) < 4.78 is 2.21. The maximum absolute atomic E-state index is 9.52. The second kappa shape index (κ2) is 7.06. The number of hydrogen-bond donors (Lipinski definition) is 2. The summed E-state index contributed by atoms with van der Waals surface area (Å²) in [6, 6.07) is 0.399. The summed E-state index contributed by atoms with van der Waals surface area (Å²) in [7, 11) is 0. The summed E-state index contributed by atoms with van der Waals surface area (Å²) in [5.41, 5.74) is 2.21. The third-order valence-corrected chi connectivity index (χ3v) is 3.71. The Morgan fingerprint density at radius 2 is 2.05 bits per heavy atom. The largest absolute Gasteiger partial charge is 0.394 e. The minimum Gasteiger partial charge on any atom is -0.394 e. The van der Waals surface area contributed by atoms with Crippen molar-refractivity contribution in [3.05, 3.63) is 17.7 Å². The Hall–Kier alpha value is -0.870. The first kappa shape index (κ1) is 16.2. The van der Waals surface area contributed by atoms with E-state index in [0.29, 0.717) is 6.04 Å². The smallest absolute Gasteiger partial charge is 0.0951 e. The van der Waals surface area contributed by atoms with Gasteiger partial charge in [0.05, 0.1) is 18.6 Å². The SMILES string of the molecule is Cc1ncn(CCCCC(C)(CO)NC(C)C)c1C. The van der Waals surface area contributed by atoms with Gasteiger partial charge < -0.3 is 15.0 Å². The van der Waals surface area contributed by atoms with Gasteiger partial charge in [0.2, 0.25) is 0 Å². The first-order valence-electron chi connectivity index (χ1n) is 7.25. The number of aryl methyl sites for hydroxylation is 2. The molecule has 1 aromatic heterocycles. The Morgan fingerprint density at radius 1 is 1.37 bits per heavy atom. The Morgan fingerprint density at radius 3 is 2.53 bits per heavy atom. The molecule has 4 nitrogen and oxygen atoms in total. The Kier molecular flexibility index (Phi) is 6.01. The highest BCUT2D eigenvalue weighted by Crippen LogP contribution is 2.15. The number of imidazole rings is 1. The molecule has 2 N–H and O–H groups in total. The van der Waals surface area contributed by atoms with Crippen LogP contribution in [0.4, 0.5) is 0 Å². The molecule has 110 valence electrons. The maximum Gasteiger partial charge on any atom is 0.0951 e. The molecule has 0 aromatic carbocycles. The highest BCUT2D eigenvalue weighted by molar-refractivity contribution is 5.08. The molecule has 0 fully saturated rings. The molecule has 1 atom stereocenters. The lowest BCUT2D eigenvalue weighted by Gasteiger charge is -2.31. The summed E-state index contributed by atoms with van der Waals surface area (Å²) in [5.74, 6) is 0. The predicted octanol–water partition coefficient (Wildman–Crippen LogP) is 2.42. The number of unbranched alkanes of at least 4 members (excludes halogenated alkanes) is 1. The normalized spacial score (nSPS) is 14.9. The number of nitrogens with zero attached hydrogens (tertiary/aromatic N) is 2. The summed E-state index contributed by atoms with van der Waals surface area (Å²) >= 11 is 0. The van der Waals surface area contributed by atoms with Gasteiger partial charge in [0.1, 0.15) is 0 Å². The first-order valence-corrected chi connectivity index (χ1v) is 7.25. The molecule has 4 heteroatoms. The van der Waals surface area contributed by atoms with Crippen LogP contribution in [0.2, 0.25) is 0 Å². The van der Waals surface area contributed by atoms with Crippen molar-refractivity contribution in [3.8, 4) is 0 Å². The molecule has 0 amide bonds. The molecule has 0 aliphatic heterocycles. The highest BCUT2D eigenvalue weighted by Gasteiger charge is 2.22. The molecule has 0 aliphatic carbocycles. The monoisotopic (exact) mass is 267 g/mol. The zero-order valence-corrected chi connectivity index (χ0v) is 13.0. The van der Waals surface area contributed by atoms with E-state index in [-0.39, 0.29) is 12.1 Å². The van der Waals surface area contributed by atoms with Crippen LogP contribution in [-0.2, 0) is 6.54 Å². The van der Waals surface area contributed by atoms with E-state index in [0.717, 1.165) is 31.5 Å². The third kappa shape index (κ3) is 4.96. The number of hydrogen-bond acceptors (Lipinski definition) is 3. The molecular formula is C15H29N3O. The van der Waals surface area contributed by atoms with Crippen LogP contribution in [0.3, 0.4) is 0 Å².